The molecule has 1 aromatic carbocycles. The van der Waals surface area contributed by atoms with Crippen molar-refractivity contribution < 1.29 is 4.52 Å². The summed E-state index contributed by atoms with van der Waals surface area (Å²) < 4.78 is 9.42. The Morgan fingerprint density at radius 1 is 1.09 bits per heavy atom. The molecule has 0 aliphatic rings. The standard InChI is InChI=1S/C22H23BrN8O2/c1-2-3-7-12-30-19-18(25-21(23)26-19)20(32)31-16(27-28-22(30)31)11-10-15-24-17(33-29-15)13-14-8-5-4-6-9-14/h4-6,8-9H,2-3,7,10-13H2,1H3,(H,25,26). The van der Waals surface area contributed by atoms with Gasteiger partial charge in [-0.25, -0.2) is 9.38 Å². The zero-order valence-electron chi connectivity index (χ0n) is 18.2. The molecule has 0 atom stereocenters. The van der Waals surface area contributed by atoms with Gasteiger partial charge < -0.3 is 9.51 Å². The van der Waals surface area contributed by atoms with E-state index >= 15 is 0 Å². The molecule has 4 aromatic heterocycles. The van der Waals surface area contributed by atoms with Crippen LogP contribution in [0, 0.1) is 0 Å². The number of nitrogens with zero attached hydrogens (tertiary/aromatic N) is 7. The van der Waals surface area contributed by atoms with E-state index in [1.807, 2.05) is 34.9 Å². The summed E-state index contributed by atoms with van der Waals surface area (Å²) in [6.07, 6.45) is 4.66. The third-order valence-electron chi connectivity index (χ3n) is 5.55. The number of aromatic nitrogens is 8. The first-order valence-electron chi connectivity index (χ1n) is 11.0. The van der Waals surface area contributed by atoms with Crippen molar-refractivity contribution in [2.75, 3.05) is 0 Å². The van der Waals surface area contributed by atoms with Crippen LogP contribution in [0.5, 0.6) is 0 Å². The Balaban J connectivity index is 1.42. The molecule has 0 fully saturated rings. The van der Waals surface area contributed by atoms with E-state index in [2.05, 4.69) is 53.2 Å². The second-order valence-corrected chi connectivity index (χ2v) is 8.66. The number of aryl methyl sites for hydroxylation is 3. The molecule has 0 aliphatic carbocycles. The smallest absolute Gasteiger partial charge is 0.286 e. The second kappa shape index (κ2) is 9.26. The van der Waals surface area contributed by atoms with Crippen LogP contribution in [0.15, 0.2) is 44.4 Å². The molecule has 0 saturated carbocycles. The summed E-state index contributed by atoms with van der Waals surface area (Å²) in [5.74, 6) is 2.19. The molecular weight excluding hydrogens is 488 g/mol. The lowest BCUT2D eigenvalue weighted by molar-refractivity contribution is 0.379. The number of nitrogens with one attached hydrogen (secondary N) is 1. The summed E-state index contributed by atoms with van der Waals surface area (Å²) in [5.41, 5.74) is 1.90. The SMILES string of the molecule is CCCCCn1c2nc(Br)[nH]c2c(=O)n2c(CCc3noc(Cc4ccccc4)n3)nnc12. The van der Waals surface area contributed by atoms with Gasteiger partial charge in [0.2, 0.25) is 11.7 Å². The van der Waals surface area contributed by atoms with E-state index in [1.54, 1.807) is 4.40 Å². The third-order valence-corrected chi connectivity index (χ3v) is 5.92. The minimum Gasteiger partial charge on any atom is -0.339 e. The van der Waals surface area contributed by atoms with Crippen LogP contribution >= 0.6 is 15.9 Å². The lowest BCUT2D eigenvalue weighted by atomic mass is 10.1. The zero-order chi connectivity index (χ0) is 22.8. The first kappa shape index (κ1) is 21.5. The highest BCUT2D eigenvalue weighted by molar-refractivity contribution is 9.10. The normalized spacial score (nSPS) is 11.7. The van der Waals surface area contributed by atoms with Crippen molar-refractivity contribution in [3.05, 3.63) is 68.5 Å². The van der Waals surface area contributed by atoms with E-state index in [0.717, 1.165) is 24.8 Å². The fourth-order valence-corrected chi connectivity index (χ4v) is 4.29. The number of unbranched alkanes of at least 4 members (excludes halogenated alkanes) is 2. The molecule has 170 valence electrons. The minimum atomic E-state index is -0.220. The lowest BCUT2D eigenvalue weighted by Gasteiger charge is -2.09. The summed E-state index contributed by atoms with van der Waals surface area (Å²) in [6, 6.07) is 9.97. The molecule has 0 radical (unpaired) electrons. The maximum absolute atomic E-state index is 13.2. The molecule has 0 unspecified atom stereocenters. The quantitative estimate of drug-likeness (QED) is 0.238. The first-order chi connectivity index (χ1) is 16.1. The number of halogens is 1. The van der Waals surface area contributed by atoms with Crippen LogP contribution in [0.2, 0.25) is 0 Å². The Labute approximate surface area is 197 Å². The van der Waals surface area contributed by atoms with Crippen molar-refractivity contribution in [2.45, 2.75) is 52.0 Å². The number of hydrogen-bond donors (Lipinski definition) is 1. The molecule has 1 N–H and O–H groups in total. The van der Waals surface area contributed by atoms with Gasteiger partial charge in [-0.3, -0.25) is 9.36 Å². The highest BCUT2D eigenvalue weighted by atomic mass is 79.9. The lowest BCUT2D eigenvalue weighted by Crippen LogP contribution is -2.21. The van der Waals surface area contributed by atoms with Crippen LogP contribution in [0.1, 0.15) is 49.3 Å². The van der Waals surface area contributed by atoms with E-state index in [-0.39, 0.29) is 5.56 Å². The van der Waals surface area contributed by atoms with Gasteiger partial charge in [-0.05, 0) is 27.9 Å². The summed E-state index contributed by atoms with van der Waals surface area (Å²) in [5, 5.41) is 12.7. The van der Waals surface area contributed by atoms with E-state index in [0.29, 0.717) is 65.0 Å². The molecule has 5 rings (SSSR count). The molecule has 33 heavy (non-hydrogen) atoms. The predicted octanol–water partition coefficient (Wildman–Crippen LogP) is 3.48. The highest BCUT2D eigenvalue weighted by Crippen LogP contribution is 2.17. The summed E-state index contributed by atoms with van der Waals surface area (Å²) in [7, 11) is 0. The molecule has 0 spiro atoms. The van der Waals surface area contributed by atoms with Crippen molar-refractivity contribution in [3.8, 4) is 0 Å². The fourth-order valence-electron chi connectivity index (χ4n) is 3.92. The molecular formula is C22H23BrN8O2. The predicted molar refractivity (Wildman–Crippen MR) is 125 cm³/mol. The van der Waals surface area contributed by atoms with Crippen molar-refractivity contribution >= 4 is 32.9 Å². The third kappa shape index (κ3) is 4.32. The van der Waals surface area contributed by atoms with Gasteiger partial charge in [0.05, 0.1) is 6.42 Å². The van der Waals surface area contributed by atoms with Crippen LogP contribution in [-0.2, 0) is 25.8 Å². The average Bonchev–Trinajstić information content (AvgIpc) is 3.54. The van der Waals surface area contributed by atoms with E-state index in [1.165, 1.54) is 0 Å². The van der Waals surface area contributed by atoms with E-state index in [4.69, 9.17) is 4.52 Å². The highest BCUT2D eigenvalue weighted by Gasteiger charge is 2.20. The van der Waals surface area contributed by atoms with Crippen LogP contribution in [0.3, 0.4) is 0 Å². The monoisotopic (exact) mass is 510 g/mol. The van der Waals surface area contributed by atoms with Crippen molar-refractivity contribution in [1.29, 1.82) is 0 Å². The van der Waals surface area contributed by atoms with Crippen LogP contribution in [0.25, 0.3) is 16.9 Å². The van der Waals surface area contributed by atoms with Crippen LogP contribution < -0.4 is 5.56 Å². The Morgan fingerprint density at radius 3 is 2.76 bits per heavy atom. The number of imidazole rings is 1. The van der Waals surface area contributed by atoms with Gasteiger partial charge in [0.25, 0.3) is 5.56 Å². The Hall–Kier alpha value is -3.34. The van der Waals surface area contributed by atoms with Gasteiger partial charge in [-0.15, -0.1) is 10.2 Å². The molecule has 4 heterocycles. The van der Waals surface area contributed by atoms with E-state index < -0.39 is 0 Å². The maximum Gasteiger partial charge on any atom is 0.286 e. The number of hydrogen-bond acceptors (Lipinski definition) is 7. The number of rotatable bonds is 9. The molecule has 11 heteroatoms. The van der Waals surface area contributed by atoms with Crippen molar-refractivity contribution in [1.82, 2.24) is 39.3 Å². The number of benzene rings is 1. The van der Waals surface area contributed by atoms with Crippen LogP contribution in [0.4, 0.5) is 0 Å². The molecule has 0 bridgehead atoms. The summed E-state index contributed by atoms with van der Waals surface area (Å²) in [6.45, 7) is 2.86. The molecule has 10 nitrogen and oxygen atoms in total. The second-order valence-electron chi connectivity index (χ2n) is 7.91. The van der Waals surface area contributed by atoms with Crippen molar-refractivity contribution in [2.24, 2.45) is 0 Å². The van der Waals surface area contributed by atoms with Crippen LogP contribution in [-0.4, -0.2) is 39.3 Å². The summed E-state index contributed by atoms with van der Waals surface area (Å²) >= 11 is 3.35. The van der Waals surface area contributed by atoms with Gasteiger partial charge in [-0.2, -0.15) is 4.98 Å². The Bertz CT molecular complexity index is 1450. The molecule has 5 aromatic rings. The minimum absolute atomic E-state index is 0.220. The molecule has 0 amide bonds. The van der Waals surface area contributed by atoms with Gasteiger partial charge in [0.15, 0.2) is 21.7 Å². The molecule has 0 saturated heterocycles. The zero-order valence-corrected chi connectivity index (χ0v) is 19.7. The first-order valence-corrected chi connectivity index (χ1v) is 11.8. The molecule has 0 aliphatic heterocycles. The maximum atomic E-state index is 13.2. The fraction of sp³-hybridized carbons (Fsp3) is 0.364. The topological polar surface area (TPSA) is 120 Å². The van der Waals surface area contributed by atoms with Gasteiger partial charge in [-0.1, -0.05) is 55.3 Å². The van der Waals surface area contributed by atoms with Gasteiger partial charge in [0.1, 0.15) is 5.82 Å². The van der Waals surface area contributed by atoms with E-state index in [9.17, 15) is 4.79 Å². The number of fused-ring (bicyclic) bond motifs is 2. The average molecular weight is 511 g/mol. The summed E-state index contributed by atoms with van der Waals surface area (Å²) in [4.78, 5) is 25.2. The number of H-pyrrole nitrogens is 1. The number of aromatic amines is 1. The van der Waals surface area contributed by atoms with Gasteiger partial charge in [0, 0.05) is 19.4 Å². The Kier molecular flexibility index (Phi) is 6.03. The van der Waals surface area contributed by atoms with Crippen molar-refractivity contribution in [3.63, 3.8) is 0 Å². The van der Waals surface area contributed by atoms with Gasteiger partial charge >= 0.3 is 0 Å². The Morgan fingerprint density at radius 2 is 1.94 bits per heavy atom. The largest absolute Gasteiger partial charge is 0.339 e.